The van der Waals surface area contributed by atoms with Gasteiger partial charge in [-0.25, -0.2) is 0 Å². The van der Waals surface area contributed by atoms with Crippen LogP contribution in [0.5, 0.6) is 5.75 Å². The van der Waals surface area contributed by atoms with E-state index >= 15 is 0 Å². The molecule has 0 saturated carbocycles. The molecule has 0 radical (unpaired) electrons. The summed E-state index contributed by atoms with van der Waals surface area (Å²) in [5, 5.41) is 21.8. The van der Waals surface area contributed by atoms with Crippen molar-refractivity contribution in [2.45, 2.75) is 48.1 Å². The third-order valence-electron chi connectivity index (χ3n) is 15.8. The van der Waals surface area contributed by atoms with E-state index in [1.807, 2.05) is 6.07 Å². The van der Waals surface area contributed by atoms with Crippen LogP contribution in [0.4, 0.5) is 28.4 Å². The average Bonchev–Trinajstić information content (AvgIpc) is 3.84. The van der Waals surface area contributed by atoms with Crippen molar-refractivity contribution < 1.29 is 9.52 Å². The van der Waals surface area contributed by atoms with Gasteiger partial charge in [-0.2, -0.15) is 0 Å². The van der Waals surface area contributed by atoms with Crippen LogP contribution in [0.1, 0.15) is 38.9 Å². The molecule has 362 valence electrons. The van der Waals surface area contributed by atoms with Crippen molar-refractivity contribution in [3.63, 3.8) is 0 Å². The summed E-state index contributed by atoms with van der Waals surface area (Å²) in [5.41, 5.74) is 21.4. The molecule has 13 aromatic rings. The molecular weight excluding hydrogens is 913 g/mol. The van der Waals surface area contributed by atoms with Crippen molar-refractivity contribution in [3.8, 4) is 39.1 Å². The van der Waals surface area contributed by atoms with Crippen LogP contribution in [0.15, 0.2) is 217 Å². The summed E-state index contributed by atoms with van der Waals surface area (Å²) in [7, 11) is 0. The van der Waals surface area contributed by atoms with E-state index in [0.29, 0.717) is 6.54 Å². The van der Waals surface area contributed by atoms with E-state index in [-0.39, 0.29) is 5.75 Å². The molecule has 13 rings (SSSR count). The first-order valence-electron chi connectivity index (χ1n) is 26.0. The molecule has 4 nitrogen and oxygen atoms in total. The molecule has 0 bridgehead atoms. The summed E-state index contributed by atoms with van der Waals surface area (Å²) in [6.45, 7) is 13.6. The van der Waals surface area contributed by atoms with Gasteiger partial charge in [0.05, 0.1) is 17.1 Å². The number of hydrogen-bond acceptors (Lipinski definition) is 4. The van der Waals surface area contributed by atoms with Gasteiger partial charge in [-0.3, -0.25) is 0 Å². The minimum Gasteiger partial charge on any atom is -0.505 e. The number of hydrogen-bond donors (Lipinski definition) is 1. The molecule has 1 N–H and O–H groups in total. The van der Waals surface area contributed by atoms with Crippen molar-refractivity contribution >= 4 is 82.7 Å². The quantitative estimate of drug-likeness (QED) is 0.139. The van der Waals surface area contributed by atoms with E-state index in [1.54, 1.807) is 0 Å². The highest BCUT2D eigenvalue weighted by Crippen LogP contribution is 2.51. The zero-order chi connectivity index (χ0) is 51.1. The van der Waals surface area contributed by atoms with E-state index in [2.05, 4.69) is 258 Å². The van der Waals surface area contributed by atoms with Crippen molar-refractivity contribution in [2.24, 2.45) is 0 Å². The van der Waals surface area contributed by atoms with Gasteiger partial charge in [0.25, 0.3) is 0 Å². The molecule has 0 aliphatic carbocycles. The largest absolute Gasteiger partial charge is 0.505 e. The molecule has 4 heteroatoms. The Labute approximate surface area is 438 Å². The van der Waals surface area contributed by atoms with Gasteiger partial charge in [0.1, 0.15) is 11.3 Å². The van der Waals surface area contributed by atoms with Crippen LogP contribution in [-0.2, 0) is 6.54 Å². The fraction of sp³-hybridized carbons (Fsp3) is 0.0986. The van der Waals surface area contributed by atoms with Crippen LogP contribution in [0.25, 0.3) is 87.6 Å². The van der Waals surface area contributed by atoms with Crippen LogP contribution in [0, 0.1) is 41.5 Å². The van der Waals surface area contributed by atoms with Gasteiger partial charge in [-0.05, 0) is 155 Å². The second-order valence-corrected chi connectivity index (χ2v) is 20.5. The summed E-state index contributed by atoms with van der Waals surface area (Å²) in [6.07, 6.45) is 0. The molecule has 12 aromatic carbocycles. The van der Waals surface area contributed by atoms with E-state index in [9.17, 15) is 5.11 Å². The Bertz CT molecular complexity index is 4370. The number of benzene rings is 12. The fourth-order valence-electron chi connectivity index (χ4n) is 12.1. The first kappa shape index (κ1) is 45.7. The number of anilines is 5. The van der Waals surface area contributed by atoms with Crippen LogP contribution >= 0.6 is 0 Å². The second-order valence-electron chi connectivity index (χ2n) is 20.5. The Morgan fingerprint density at radius 1 is 0.373 bits per heavy atom. The lowest BCUT2D eigenvalue weighted by atomic mass is 9.91. The lowest BCUT2D eigenvalue weighted by Crippen LogP contribution is -2.18. The van der Waals surface area contributed by atoms with Gasteiger partial charge in [0.2, 0.25) is 0 Å². The molecule has 75 heavy (non-hydrogen) atoms. The number of para-hydroxylation sites is 3. The minimum atomic E-state index is 0.243. The lowest BCUT2D eigenvalue weighted by molar-refractivity contribution is 0.477. The average molecular weight is 969 g/mol. The normalized spacial score (nSPS) is 11.7. The molecular formula is C71H56N2O2. The first-order chi connectivity index (χ1) is 36.6. The summed E-state index contributed by atoms with van der Waals surface area (Å²) < 4.78 is 7.19. The minimum absolute atomic E-state index is 0.243. The third kappa shape index (κ3) is 7.59. The molecule has 1 heterocycles. The number of aromatic hydroxyl groups is 1. The molecule has 0 aliphatic heterocycles. The zero-order valence-corrected chi connectivity index (χ0v) is 43.2. The fourth-order valence-corrected chi connectivity index (χ4v) is 12.1. The Kier molecular flexibility index (Phi) is 11.0. The molecule has 0 spiro atoms. The van der Waals surface area contributed by atoms with E-state index in [1.165, 1.54) is 60.8 Å². The molecule has 0 fully saturated rings. The van der Waals surface area contributed by atoms with Crippen molar-refractivity contribution in [1.82, 2.24) is 0 Å². The van der Waals surface area contributed by atoms with E-state index in [4.69, 9.17) is 4.42 Å². The highest BCUT2D eigenvalue weighted by atomic mass is 16.3. The maximum absolute atomic E-state index is 12.7. The Morgan fingerprint density at radius 3 is 1.68 bits per heavy atom. The summed E-state index contributed by atoms with van der Waals surface area (Å²) in [5.74, 6) is 0.243. The maximum Gasteiger partial charge on any atom is 0.159 e. The van der Waals surface area contributed by atoms with Gasteiger partial charge < -0.3 is 19.3 Å². The number of rotatable bonds is 10. The van der Waals surface area contributed by atoms with Crippen molar-refractivity contribution in [2.75, 3.05) is 9.80 Å². The predicted octanol–water partition coefficient (Wildman–Crippen LogP) is 19.8. The Morgan fingerprint density at radius 2 is 0.933 bits per heavy atom. The van der Waals surface area contributed by atoms with Crippen molar-refractivity contribution in [3.05, 3.63) is 251 Å². The van der Waals surface area contributed by atoms with E-state index in [0.717, 1.165) is 94.2 Å². The van der Waals surface area contributed by atoms with Crippen LogP contribution in [0.2, 0.25) is 0 Å². The molecule has 0 aliphatic rings. The Hall–Kier alpha value is -9.12. The molecule has 0 unspecified atom stereocenters. The highest BCUT2D eigenvalue weighted by Gasteiger charge is 2.27. The molecule has 1 aromatic heterocycles. The van der Waals surface area contributed by atoms with Crippen LogP contribution < -0.4 is 9.80 Å². The molecule has 0 atom stereocenters. The lowest BCUT2D eigenvalue weighted by Gasteiger charge is -2.30. The number of phenols is 1. The maximum atomic E-state index is 12.7. The van der Waals surface area contributed by atoms with Crippen molar-refractivity contribution in [1.29, 1.82) is 0 Å². The van der Waals surface area contributed by atoms with Crippen LogP contribution in [-0.4, -0.2) is 5.11 Å². The van der Waals surface area contributed by atoms with E-state index < -0.39 is 0 Å². The SMILES string of the molecule is Cc1ccc(N(c2ccc3ccc4c(N(Cc5ccccc5C)c5cccc(-c6cccc(-c7c(C)cccc7C)c6)c5O)ccc5ccc2c3c54)c2cccc3c2oc2c(-c4ccccc4C)cccc23)c(C)c1. The zero-order valence-electron chi connectivity index (χ0n) is 43.2. The third-order valence-corrected chi connectivity index (χ3v) is 15.8. The van der Waals surface area contributed by atoms with Gasteiger partial charge in [-0.15, -0.1) is 0 Å². The van der Waals surface area contributed by atoms with Gasteiger partial charge >= 0.3 is 0 Å². The summed E-state index contributed by atoms with van der Waals surface area (Å²) >= 11 is 0. The van der Waals surface area contributed by atoms with Crippen LogP contribution in [0.3, 0.4) is 0 Å². The number of fused-ring (bicyclic) bond motifs is 3. The summed E-state index contributed by atoms with van der Waals surface area (Å²) in [4.78, 5) is 4.74. The standard InChI is InChI=1S/C71H56N2O2/c1-43-30-37-61(48(6)40-43)73(65-29-15-27-58-57-26-13-25-56(70(57)75-71(58)65)54-23-10-8-17-45(54)3)63-39-34-50-31-35-59-62(38-33-49-32-36-60(63)68(50)67(49)59)72(42-53-20-9-7-16-44(53)2)64-28-14-24-55(69(64)74)51-21-12-22-52(41-51)66-46(4)18-11-19-47(66)5/h7-41,74H,42H2,1-6H3. The topological polar surface area (TPSA) is 39.9 Å². The first-order valence-corrected chi connectivity index (χ1v) is 26.0. The highest BCUT2D eigenvalue weighted by molar-refractivity contribution is 6.28. The molecule has 0 amide bonds. The number of phenolic OH excluding ortho intramolecular Hbond substituents is 1. The number of nitrogens with zero attached hydrogens (tertiary/aromatic N) is 2. The number of furan rings is 1. The summed E-state index contributed by atoms with van der Waals surface area (Å²) in [6, 6.07) is 76.3. The molecule has 0 saturated heterocycles. The van der Waals surface area contributed by atoms with Gasteiger partial charge in [-0.1, -0.05) is 181 Å². The van der Waals surface area contributed by atoms with Gasteiger partial charge in [0.15, 0.2) is 5.58 Å². The Balaban J connectivity index is 1.02. The smallest absolute Gasteiger partial charge is 0.159 e. The number of aryl methyl sites for hydroxylation is 6. The monoisotopic (exact) mass is 968 g/mol. The second kappa shape index (κ2) is 18.1. The predicted molar refractivity (Wildman–Crippen MR) is 317 cm³/mol. The van der Waals surface area contributed by atoms with Gasteiger partial charge in [0, 0.05) is 50.6 Å².